The average molecular weight is 345 g/mol. The third-order valence-electron chi connectivity index (χ3n) is 6.01. The van der Waals surface area contributed by atoms with Crippen molar-refractivity contribution in [2.45, 2.75) is 69.6 Å². The highest BCUT2D eigenvalue weighted by Crippen LogP contribution is 2.29. The molecule has 6 nitrogen and oxygen atoms in total. The van der Waals surface area contributed by atoms with Crippen LogP contribution in [0.25, 0.3) is 0 Å². The fraction of sp³-hybridized carbons (Fsp3) is 0.789. The number of carbonyl (C=O) groups excluding carboxylic acids is 1. The Morgan fingerprint density at radius 2 is 1.92 bits per heavy atom. The quantitative estimate of drug-likeness (QED) is 0.849. The lowest BCUT2D eigenvalue weighted by atomic mass is 10.0. The van der Waals surface area contributed by atoms with Crippen molar-refractivity contribution in [2.75, 3.05) is 26.2 Å². The molecule has 138 valence electrons. The highest BCUT2D eigenvalue weighted by molar-refractivity contribution is 5.78. The van der Waals surface area contributed by atoms with E-state index in [0.717, 1.165) is 51.5 Å². The van der Waals surface area contributed by atoms with Crippen LogP contribution in [0.1, 0.15) is 44.9 Å². The van der Waals surface area contributed by atoms with E-state index in [1.165, 1.54) is 25.7 Å². The van der Waals surface area contributed by atoms with Crippen molar-refractivity contribution in [2.24, 2.45) is 0 Å². The summed E-state index contributed by atoms with van der Waals surface area (Å²) in [6.07, 6.45) is 12.4. The van der Waals surface area contributed by atoms with E-state index in [9.17, 15) is 4.79 Å². The maximum absolute atomic E-state index is 12.6. The number of nitrogens with zero attached hydrogens (tertiary/aromatic N) is 4. The molecular formula is C19H31N5O. The lowest BCUT2D eigenvalue weighted by Crippen LogP contribution is -2.51. The summed E-state index contributed by atoms with van der Waals surface area (Å²) >= 11 is 0. The molecule has 1 aromatic heterocycles. The summed E-state index contributed by atoms with van der Waals surface area (Å²) in [4.78, 5) is 17.5. The van der Waals surface area contributed by atoms with E-state index in [-0.39, 0.29) is 5.91 Å². The van der Waals surface area contributed by atoms with Crippen LogP contribution in [-0.2, 0) is 11.3 Å². The number of aromatic nitrogens is 2. The van der Waals surface area contributed by atoms with Crippen LogP contribution in [0.3, 0.4) is 0 Å². The topological polar surface area (TPSA) is 53.4 Å². The molecule has 1 aliphatic carbocycles. The molecule has 25 heavy (non-hydrogen) atoms. The van der Waals surface area contributed by atoms with Crippen molar-refractivity contribution in [1.29, 1.82) is 0 Å². The van der Waals surface area contributed by atoms with Gasteiger partial charge in [0.2, 0.25) is 5.91 Å². The van der Waals surface area contributed by atoms with E-state index in [1.54, 1.807) is 0 Å². The SMILES string of the molecule is O=C(CN1CCCC[C@H]1Cn1cccn1)NC1CCN(C2CC2)CC1. The van der Waals surface area contributed by atoms with Gasteiger partial charge in [-0.05, 0) is 51.1 Å². The van der Waals surface area contributed by atoms with E-state index in [2.05, 4.69) is 20.2 Å². The second kappa shape index (κ2) is 7.87. The third-order valence-corrected chi connectivity index (χ3v) is 6.01. The van der Waals surface area contributed by atoms with Crippen LogP contribution in [0, 0.1) is 0 Å². The summed E-state index contributed by atoms with van der Waals surface area (Å²) in [7, 11) is 0. The second-order valence-corrected chi connectivity index (χ2v) is 7.96. The van der Waals surface area contributed by atoms with E-state index in [1.807, 2.05) is 23.1 Å². The Balaban J connectivity index is 1.24. The number of carbonyl (C=O) groups is 1. The minimum atomic E-state index is 0.206. The first-order chi connectivity index (χ1) is 12.3. The first kappa shape index (κ1) is 17.0. The molecule has 6 heteroatoms. The number of rotatable bonds is 6. The van der Waals surface area contributed by atoms with E-state index < -0.39 is 0 Å². The first-order valence-corrected chi connectivity index (χ1v) is 10.0. The summed E-state index contributed by atoms with van der Waals surface area (Å²) in [5, 5.41) is 7.62. The molecule has 1 atom stereocenters. The molecule has 1 aromatic rings. The predicted molar refractivity (Wildman–Crippen MR) is 97.2 cm³/mol. The summed E-state index contributed by atoms with van der Waals surface area (Å²) < 4.78 is 1.99. The van der Waals surface area contributed by atoms with Gasteiger partial charge >= 0.3 is 0 Å². The van der Waals surface area contributed by atoms with Crippen molar-refractivity contribution in [3.63, 3.8) is 0 Å². The van der Waals surface area contributed by atoms with Crippen molar-refractivity contribution < 1.29 is 4.79 Å². The van der Waals surface area contributed by atoms with Gasteiger partial charge in [0.25, 0.3) is 0 Å². The van der Waals surface area contributed by atoms with Gasteiger partial charge in [-0.25, -0.2) is 0 Å². The van der Waals surface area contributed by atoms with Crippen molar-refractivity contribution >= 4 is 5.91 Å². The molecule has 0 unspecified atom stereocenters. The Kier molecular flexibility index (Phi) is 5.36. The monoisotopic (exact) mass is 345 g/mol. The summed E-state index contributed by atoms with van der Waals surface area (Å²) in [6, 6.07) is 3.62. The highest BCUT2D eigenvalue weighted by Gasteiger charge is 2.32. The van der Waals surface area contributed by atoms with Crippen LogP contribution >= 0.6 is 0 Å². The molecule has 2 saturated heterocycles. The summed E-state index contributed by atoms with van der Waals surface area (Å²) in [5.41, 5.74) is 0. The molecular weight excluding hydrogens is 314 g/mol. The number of amides is 1. The molecule has 0 radical (unpaired) electrons. The Morgan fingerprint density at radius 1 is 1.08 bits per heavy atom. The number of likely N-dealkylation sites (tertiary alicyclic amines) is 2. The number of hydrogen-bond donors (Lipinski definition) is 1. The maximum Gasteiger partial charge on any atom is 0.234 e. The van der Waals surface area contributed by atoms with E-state index >= 15 is 0 Å². The Bertz CT molecular complexity index is 548. The number of piperidine rings is 2. The number of nitrogens with one attached hydrogen (secondary N) is 1. The fourth-order valence-electron chi connectivity index (χ4n) is 4.41. The lowest BCUT2D eigenvalue weighted by molar-refractivity contribution is -0.124. The zero-order chi connectivity index (χ0) is 17.1. The highest BCUT2D eigenvalue weighted by atomic mass is 16.2. The standard InChI is InChI=1S/C19H31N5O/c25-19(21-16-7-12-22(13-8-16)17-5-6-17)15-23-10-2-1-4-18(23)14-24-11-3-9-20-24/h3,9,11,16-18H,1-2,4-8,10,12-15H2,(H,21,25)/t18-/m0/s1. The predicted octanol–water partition coefficient (Wildman–Crippen LogP) is 1.48. The van der Waals surface area contributed by atoms with Crippen LogP contribution in [0.4, 0.5) is 0 Å². The van der Waals surface area contributed by atoms with Gasteiger partial charge in [0.15, 0.2) is 0 Å². The molecule has 3 aliphatic rings. The van der Waals surface area contributed by atoms with Crippen LogP contribution in [0.15, 0.2) is 18.5 Å². The maximum atomic E-state index is 12.6. The molecule has 1 amide bonds. The van der Waals surface area contributed by atoms with E-state index in [0.29, 0.717) is 18.6 Å². The van der Waals surface area contributed by atoms with Gasteiger partial charge in [0.1, 0.15) is 0 Å². The van der Waals surface area contributed by atoms with Gasteiger partial charge in [0, 0.05) is 43.6 Å². The lowest BCUT2D eigenvalue weighted by Gasteiger charge is -2.36. The summed E-state index contributed by atoms with van der Waals surface area (Å²) in [6.45, 7) is 4.76. The van der Waals surface area contributed by atoms with Gasteiger partial charge in [0.05, 0.1) is 13.1 Å². The second-order valence-electron chi connectivity index (χ2n) is 7.96. The van der Waals surface area contributed by atoms with Crippen molar-refractivity contribution in [3.8, 4) is 0 Å². The van der Waals surface area contributed by atoms with Crippen molar-refractivity contribution in [3.05, 3.63) is 18.5 Å². The Hall–Kier alpha value is -1.40. The Morgan fingerprint density at radius 3 is 2.64 bits per heavy atom. The molecule has 3 heterocycles. The molecule has 0 bridgehead atoms. The first-order valence-electron chi connectivity index (χ1n) is 10.0. The molecule has 1 N–H and O–H groups in total. The molecule has 0 spiro atoms. The molecule has 3 fully saturated rings. The minimum absolute atomic E-state index is 0.206. The van der Waals surface area contributed by atoms with Gasteiger partial charge in [-0.1, -0.05) is 6.42 Å². The summed E-state index contributed by atoms with van der Waals surface area (Å²) in [5.74, 6) is 0.206. The molecule has 0 aromatic carbocycles. The fourth-order valence-corrected chi connectivity index (χ4v) is 4.41. The number of hydrogen-bond acceptors (Lipinski definition) is 4. The molecule has 4 rings (SSSR count). The van der Waals surface area contributed by atoms with Gasteiger partial charge in [-0.2, -0.15) is 5.10 Å². The smallest absolute Gasteiger partial charge is 0.234 e. The average Bonchev–Trinajstić information content (AvgIpc) is 3.34. The van der Waals surface area contributed by atoms with Gasteiger partial charge in [-0.15, -0.1) is 0 Å². The van der Waals surface area contributed by atoms with Gasteiger partial charge < -0.3 is 10.2 Å². The van der Waals surface area contributed by atoms with Crippen LogP contribution in [-0.4, -0.2) is 69.8 Å². The molecule has 1 saturated carbocycles. The van der Waals surface area contributed by atoms with Crippen LogP contribution in [0.5, 0.6) is 0 Å². The zero-order valence-corrected chi connectivity index (χ0v) is 15.1. The third kappa shape index (κ3) is 4.61. The zero-order valence-electron chi connectivity index (χ0n) is 15.1. The van der Waals surface area contributed by atoms with Crippen LogP contribution in [0.2, 0.25) is 0 Å². The largest absolute Gasteiger partial charge is 0.352 e. The van der Waals surface area contributed by atoms with E-state index in [4.69, 9.17) is 0 Å². The Labute approximate surface area is 150 Å². The normalized spacial score (nSPS) is 26.6. The van der Waals surface area contributed by atoms with Crippen molar-refractivity contribution in [1.82, 2.24) is 24.9 Å². The van der Waals surface area contributed by atoms with Crippen LogP contribution < -0.4 is 5.32 Å². The minimum Gasteiger partial charge on any atom is -0.352 e. The molecule has 2 aliphatic heterocycles. The van der Waals surface area contributed by atoms with Gasteiger partial charge in [-0.3, -0.25) is 14.4 Å².